The number of ether oxygens (including phenoxy) is 2. The van der Waals surface area contributed by atoms with Crippen molar-refractivity contribution in [2.24, 2.45) is 5.73 Å². The Labute approximate surface area is 270 Å². The third kappa shape index (κ3) is 6.22. The van der Waals surface area contributed by atoms with Crippen molar-refractivity contribution in [3.63, 3.8) is 0 Å². The van der Waals surface area contributed by atoms with Crippen LogP contribution >= 0.6 is 0 Å². The molecule has 4 aromatic rings. The van der Waals surface area contributed by atoms with Crippen LogP contribution in [0.25, 0.3) is 0 Å². The summed E-state index contributed by atoms with van der Waals surface area (Å²) in [5, 5.41) is 0. The van der Waals surface area contributed by atoms with E-state index in [4.69, 9.17) is 15.2 Å². The number of nitrogens with two attached hydrogens (primary N) is 1. The molecule has 4 aliphatic rings. The first kappa shape index (κ1) is 30.3. The lowest BCUT2D eigenvalue weighted by atomic mass is 10.1. The quantitative estimate of drug-likeness (QED) is 0.314. The van der Waals surface area contributed by atoms with Gasteiger partial charge in [-0.05, 0) is 24.0 Å². The molecule has 4 heterocycles. The van der Waals surface area contributed by atoms with E-state index in [1.807, 2.05) is 77.7 Å². The second-order valence-corrected chi connectivity index (χ2v) is 12.5. The molecule has 8 nitrogen and oxygen atoms in total. The number of benzene rings is 4. The van der Waals surface area contributed by atoms with Gasteiger partial charge in [0, 0.05) is 24.2 Å². The van der Waals surface area contributed by atoms with Crippen LogP contribution in [0, 0.1) is 0 Å². The molecule has 236 valence electrons. The fourth-order valence-electron chi connectivity index (χ4n) is 7.15. The van der Waals surface area contributed by atoms with Crippen LogP contribution in [0.2, 0.25) is 0 Å². The monoisotopic (exact) mass is 616 g/mol. The van der Waals surface area contributed by atoms with E-state index >= 15 is 0 Å². The Balaban J connectivity index is 0.000000177. The van der Waals surface area contributed by atoms with Crippen molar-refractivity contribution in [3.05, 3.63) is 144 Å². The first-order valence-electron chi connectivity index (χ1n) is 16.1. The van der Waals surface area contributed by atoms with E-state index in [1.165, 1.54) is 11.1 Å². The molecule has 0 aliphatic carbocycles. The zero-order valence-electron chi connectivity index (χ0n) is 25.8. The lowest BCUT2D eigenvalue weighted by molar-refractivity contribution is -0.139. The molecule has 4 saturated heterocycles. The molecule has 2 amide bonds. The van der Waals surface area contributed by atoms with Gasteiger partial charge in [-0.15, -0.1) is 0 Å². The Morgan fingerprint density at radius 1 is 0.587 bits per heavy atom. The molecule has 4 aliphatic heterocycles. The molecular formula is C38H40N4O4. The topological polar surface area (TPSA) is 88.3 Å². The molecule has 6 atom stereocenters. The van der Waals surface area contributed by atoms with Crippen LogP contribution < -0.4 is 5.73 Å². The van der Waals surface area contributed by atoms with Gasteiger partial charge in [0.2, 0.25) is 11.8 Å². The zero-order valence-corrected chi connectivity index (χ0v) is 25.8. The number of hydrogen-bond acceptors (Lipinski definition) is 6. The Morgan fingerprint density at radius 2 is 1.00 bits per heavy atom. The summed E-state index contributed by atoms with van der Waals surface area (Å²) in [4.78, 5) is 31.6. The molecule has 8 heteroatoms. The maximum absolute atomic E-state index is 13.6. The van der Waals surface area contributed by atoms with Crippen LogP contribution in [0.5, 0.6) is 0 Å². The van der Waals surface area contributed by atoms with Gasteiger partial charge in [0.15, 0.2) is 12.5 Å². The molecule has 0 unspecified atom stereocenters. The summed E-state index contributed by atoms with van der Waals surface area (Å²) >= 11 is 0. The fraction of sp³-hybridized carbons (Fsp3) is 0.316. The molecule has 8 rings (SSSR count). The number of nitrogens with zero attached hydrogens (tertiary/aromatic N) is 3. The number of rotatable bonds is 7. The number of carbonyl (C=O) groups excluding carboxylic acids is 2. The molecule has 0 bridgehead atoms. The standard InChI is InChI=1S/C26H26N2O2.C12H14N2O2/c29-25-24(16-23-19-30-26(28(23)25)22-14-8-3-9-15-22)27(17-20-10-4-1-5-11-20)18-21-12-6-2-7-13-21;13-10-6-9-7-16-12(14(9)11(10)15)8-4-2-1-3-5-8/h1-15,23-24,26H,16-19H2;1-5,9-10,12H,6-7,13H2/t23-,24-,26+;9-,10-,12+/m00/s1. The summed E-state index contributed by atoms with van der Waals surface area (Å²) in [6.45, 7) is 2.71. The van der Waals surface area contributed by atoms with E-state index in [0.717, 1.165) is 30.6 Å². The van der Waals surface area contributed by atoms with E-state index in [0.29, 0.717) is 19.6 Å². The fourth-order valence-corrected chi connectivity index (χ4v) is 7.15. The third-order valence-electron chi connectivity index (χ3n) is 9.38. The van der Waals surface area contributed by atoms with Crippen LogP contribution in [0.1, 0.15) is 47.6 Å². The maximum atomic E-state index is 13.6. The Morgan fingerprint density at radius 3 is 1.48 bits per heavy atom. The SMILES string of the molecule is N[C@H]1C[C@H]2CO[C@H](c3ccccc3)N2C1=O.O=C1[C@@H](N(Cc2ccccc2)Cc2ccccc2)C[C@H]2CO[C@H](c3ccccc3)N12. The normalized spacial score (nSPS) is 26.7. The predicted octanol–water partition coefficient (Wildman–Crippen LogP) is 5.03. The smallest absolute Gasteiger partial charge is 0.242 e. The maximum Gasteiger partial charge on any atom is 0.242 e. The van der Waals surface area contributed by atoms with Gasteiger partial charge in [0.05, 0.1) is 37.4 Å². The lowest BCUT2D eigenvalue weighted by Crippen LogP contribution is -2.42. The van der Waals surface area contributed by atoms with Crippen molar-refractivity contribution in [1.29, 1.82) is 0 Å². The number of fused-ring (bicyclic) bond motifs is 2. The minimum Gasteiger partial charge on any atom is -0.352 e. The average Bonchev–Trinajstić information content (AvgIpc) is 3.86. The lowest BCUT2D eigenvalue weighted by Gasteiger charge is -2.29. The van der Waals surface area contributed by atoms with Gasteiger partial charge in [-0.2, -0.15) is 0 Å². The second-order valence-electron chi connectivity index (χ2n) is 12.5. The van der Waals surface area contributed by atoms with Crippen molar-refractivity contribution in [2.45, 2.75) is 62.6 Å². The summed E-state index contributed by atoms with van der Waals surface area (Å²) in [5.74, 6) is 0.189. The zero-order chi connectivity index (χ0) is 31.5. The Bertz CT molecular complexity index is 1570. The number of hydrogen-bond donors (Lipinski definition) is 1. The molecule has 0 spiro atoms. The van der Waals surface area contributed by atoms with E-state index < -0.39 is 0 Å². The van der Waals surface area contributed by atoms with Gasteiger partial charge in [0.25, 0.3) is 0 Å². The molecule has 2 N–H and O–H groups in total. The van der Waals surface area contributed by atoms with E-state index in [9.17, 15) is 9.59 Å². The summed E-state index contributed by atoms with van der Waals surface area (Å²) in [7, 11) is 0. The number of carbonyl (C=O) groups is 2. The molecule has 46 heavy (non-hydrogen) atoms. The summed E-state index contributed by atoms with van der Waals surface area (Å²) in [6, 6.07) is 40.5. The highest BCUT2D eigenvalue weighted by molar-refractivity contribution is 5.85. The van der Waals surface area contributed by atoms with Crippen molar-refractivity contribution < 1.29 is 19.1 Å². The minimum absolute atomic E-state index is 0.0105. The van der Waals surface area contributed by atoms with Crippen LogP contribution in [-0.2, 0) is 32.2 Å². The summed E-state index contributed by atoms with van der Waals surface area (Å²) in [6.07, 6.45) is 1.00. The third-order valence-corrected chi connectivity index (χ3v) is 9.38. The molecule has 0 aromatic heterocycles. The van der Waals surface area contributed by atoms with Crippen LogP contribution in [0.4, 0.5) is 0 Å². The molecule has 0 radical (unpaired) electrons. The van der Waals surface area contributed by atoms with E-state index in [1.54, 1.807) is 4.90 Å². The van der Waals surface area contributed by atoms with Gasteiger partial charge in [-0.25, -0.2) is 0 Å². The second kappa shape index (κ2) is 13.6. The van der Waals surface area contributed by atoms with Crippen molar-refractivity contribution in [1.82, 2.24) is 14.7 Å². The van der Waals surface area contributed by atoms with Crippen LogP contribution in [0.15, 0.2) is 121 Å². The molecular weight excluding hydrogens is 576 g/mol. The van der Waals surface area contributed by atoms with Gasteiger partial charge >= 0.3 is 0 Å². The van der Waals surface area contributed by atoms with Crippen molar-refractivity contribution >= 4 is 11.8 Å². The molecule has 4 fully saturated rings. The van der Waals surface area contributed by atoms with Crippen molar-refractivity contribution in [3.8, 4) is 0 Å². The van der Waals surface area contributed by atoms with E-state index in [-0.39, 0.29) is 48.4 Å². The largest absolute Gasteiger partial charge is 0.352 e. The highest BCUT2D eigenvalue weighted by Crippen LogP contribution is 2.40. The van der Waals surface area contributed by atoms with Crippen LogP contribution in [-0.4, -0.2) is 63.9 Å². The Hall–Kier alpha value is -4.34. The van der Waals surface area contributed by atoms with Gasteiger partial charge in [-0.3, -0.25) is 14.5 Å². The van der Waals surface area contributed by atoms with Crippen molar-refractivity contribution in [2.75, 3.05) is 13.2 Å². The number of amides is 2. The summed E-state index contributed by atoms with van der Waals surface area (Å²) < 4.78 is 11.7. The van der Waals surface area contributed by atoms with Gasteiger partial charge in [0.1, 0.15) is 0 Å². The Kier molecular flexibility index (Phi) is 8.94. The average molecular weight is 617 g/mol. The molecule has 0 saturated carbocycles. The first-order chi connectivity index (χ1) is 22.6. The first-order valence-corrected chi connectivity index (χ1v) is 16.1. The highest BCUT2D eigenvalue weighted by atomic mass is 16.5. The minimum atomic E-state index is -0.347. The van der Waals surface area contributed by atoms with E-state index in [2.05, 4.69) is 53.4 Å². The molecule has 4 aromatic carbocycles. The predicted molar refractivity (Wildman–Crippen MR) is 175 cm³/mol. The highest BCUT2D eigenvalue weighted by Gasteiger charge is 2.50. The van der Waals surface area contributed by atoms with Crippen LogP contribution in [0.3, 0.4) is 0 Å². The summed E-state index contributed by atoms with van der Waals surface area (Å²) in [5.41, 5.74) is 10.3. The van der Waals surface area contributed by atoms with Gasteiger partial charge < -0.3 is 25.0 Å². The van der Waals surface area contributed by atoms with Gasteiger partial charge in [-0.1, -0.05) is 121 Å².